The number of esters is 1. The number of hydrogen-bond acceptors (Lipinski definition) is 5. The molecule has 0 spiro atoms. The lowest BCUT2D eigenvalue weighted by molar-refractivity contribution is -0.145. The highest BCUT2D eigenvalue weighted by molar-refractivity contribution is 5.96. The Morgan fingerprint density at radius 2 is 2.15 bits per heavy atom. The summed E-state index contributed by atoms with van der Waals surface area (Å²) in [6, 6.07) is 9.11. The molecule has 1 amide bonds. The number of allylic oxidation sites excluding steroid dienone is 2. The van der Waals surface area contributed by atoms with Crippen molar-refractivity contribution in [2.45, 2.75) is 32.1 Å². The number of carbonyl (C=O) groups excluding carboxylic acids is 2. The Labute approximate surface area is 158 Å². The molecule has 140 valence electrons. The zero-order valence-electron chi connectivity index (χ0n) is 15.3. The average Bonchev–Trinajstić information content (AvgIpc) is 2.65. The van der Waals surface area contributed by atoms with E-state index in [1.165, 1.54) is 0 Å². The number of nitrogens with zero attached hydrogens (tertiary/aromatic N) is 1. The Kier molecular flexibility index (Phi) is 5.86. The van der Waals surface area contributed by atoms with Crippen molar-refractivity contribution in [1.82, 2.24) is 4.98 Å². The molecule has 27 heavy (non-hydrogen) atoms. The average molecular weight is 365 g/mol. The van der Waals surface area contributed by atoms with E-state index in [0.29, 0.717) is 42.9 Å². The van der Waals surface area contributed by atoms with Gasteiger partial charge >= 0.3 is 5.97 Å². The van der Waals surface area contributed by atoms with Crippen molar-refractivity contribution in [2.75, 3.05) is 17.7 Å². The molecular formula is C21H23N3O3. The smallest absolute Gasteiger partial charge is 0.315 e. The maximum absolute atomic E-state index is 12.5. The number of nitrogens with two attached hydrogens (primary N) is 1. The van der Waals surface area contributed by atoms with Crippen LogP contribution in [0, 0.1) is 0 Å². The van der Waals surface area contributed by atoms with Crippen LogP contribution in [0.1, 0.15) is 37.8 Å². The van der Waals surface area contributed by atoms with Crippen LogP contribution in [0.3, 0.4) is 0 Å². The first-order valence-electron chi connectivity index (χ1n) is 9.06. The number of benzene rings is 1. The summed E-state index contributed by atoms with van der Waals surface area (Å²) in [6.07, 6.45) is 6.91. The molecule has 1 aliphatic heterocycles. The molecule has 3 rings (SSSR count). The van der Waals surface area contributed by atoms with Crippen LogP contribution < -0.4 is 11.1 Å². The monoisotopic (exact) mass is 365 g/mol. The third-order valence-electron chi connectivity index (χ3n) is 4.41. The number of hydrogen-bond donors (Lipinski definition) is 2. The third-order valence-corrected chi connectivity index (χ3v) is 4.41. The predicted molar refractivity (Wildman–Crippen MR) is 105 cm³/mol. The number of ether oxygens (including phenoxy) is 1. The second-order valence-corrected chi connectivity index (χ2v) is 6.37. The predicted octanol–water partition coefficient (Wildman–Crippen LogP) is 3.66. The fourth-order valence-corrected chi connectivity index (χ4v) is 3.08. The van der Waals surface area contributed by atoms with E-state index < -0.39 is 5.92 Å². The second kappa shape index (κ2) is 8.49. The molecule has 0 saturated carbocycles. The Balaban J connectivity index is 2.10. The van der Waals surface area contributed by atoms with Gasteiger partial charge < -0.3 is 15.8 Å². The third kappa shape index (κ3) is 4.53. The lowest BCUT2D eigenvalue weighted by Crippen LogP contribution is -2.16. The molecule has 2 aromatic rings. The minimum Gasteiger partial charge on any atom is -0.465 e. The van der Waals surface area contributed by atoms with Gasteiger partial charge in [-0.3, -0.25) is 14.6 Å². The Bertz CT molecular complexity index is 877. The molecule has 0 saturated heterocycles. The van der Waals surface area contributed by atoms with Crippen molar-refractivity contribution in [3.63, 3.8) is 0 Å². The summed E-state index contributed by atoms with van der Waals surface area (Å²) in [5, 5.41) is 2.94. The van der Waals surface area contributed by atoms with E-state index in [-0.39, 0.29) is 11.9 Å². The molecule has 1 aliphatic rings. The largest absolute Gasteiger partial charge is 0.465 e. The first kappa shape index (κ1) is 18.6. The number of carbonyl (C=O) groups is 2. The van der Waals surface area contributed by atoms with Crippen LogP contribution in [0.2, 0.25) is 0 Å². The van der Waals surface area contributed by atoms with Crippen LogP contribution in [0.15, 0.2) is 48.7 Å². The van der Waals surface area contributed by atoms with Gasteiger partial charge in [0, 0.05) is 23.9 Å². The molecule has 1 aromatic heterocycles. The number of rotatable bonds is 2. The van der Waals surface area contributed by atoms with Crippen molar-refractivity contribution in [3.05, 3.63) is 54.4 Å². The van der Waals surface area contributed by atoms with Crippen molar-refractivity contribution in [1.29, 1.82) is 0 Å². The number of pyridine rings is 1. The summed E-state index contributed by atoms with van der Waals surface area (Å²) in [6.45, 7) is 2.11. The van der Waals surface area contributed by atoms with Crippen LogP contribution in [-0.2, 0) is 14.3 Å². The summed E-state index contributed by atoms with van der Waals surface area (Å²) < 4.78 is 5.23. The van der Waals surface area contributed by atoms with E-state index in [9.17, 15) is 9.59 Å². The Morgan fingerprint density at radius 1 is 1.30 bits per heavy atom. The zero-order chi connectivity index (χ0) is 19.2. The van der Waals surface area contributed by atoms with Gasteiger partial charge in [0.05, 0.1) is 18.0 Å². The van der Waals surface area contributed by atoms with Crippen LogP contribution in [0.4, 0.5) is 11.4 Å². The van der Waals surface area contributed by atoms with E-state index >= 15 is 0 Å². The van der Waals surface area contributed by atoms with Gasteiger partial charge in [0.2, 0.25) is 5.91 Å². The van der Waals surface area contributed by atoms with Crippen LogP contribution >= 0.6 is 0 Å². The number of anilines is 2. The molecule has 6 nitrogen and oxygen atoms in total. The van der Waals surface area contributed by atoms with Gasteiger partial charge in [-0.1, -0.05) is 18.2 Å². The second-order valence-electron chi connectivity index (χ2n) is 6.37. The highest BCUT2D eigenvalue weighted by Crippen LogP contribution is 2.32. The van der Waals surface area contributed by atoms with Gasteiger partial charge in [0.1, 0.15) is 5.92 Å². The molecule has 0 aliphatic carbocycles. The van der Waals surface area contributed by atoms with E-state index in [1.54, 1.807) is 25.3 Å². The number of amides is 1. The zero-order valence-corrected chi connectivity index (χ0v) is 15.3. The molecule has 0 fully saturated rings. The maximum atomic E-state index is 12.5. The quantitative estimate of drug-likeness (QED) is 0.481. The van der Waals surface area contributed by atoms with Gasteiger partial charge in [-0.2, -0.15) is 0 Å². The summed E-state index contributed by atoms with van der Waals surface area (Å²) in [4.78, 5) is 29.1. The van der Waals surface area contributed by atoms with Gasteiger partial charge in [-0.25, -0.2) is 0 Å². The molecule has 0 radical (unpaired) electrons. The van der Waals surface area contributed by atoms with Crippen molar-refractivity contribution < 1.29 is 14.3 Å². The Hall–Kier alpha value is -3.15. The number of aromatic nitrogens is 1. The lowest BCUT2D eigenvalue weighted by Gasteiger charge is -2.16. The van der Waals surface area contributed by atoms with E-state index in [4.69, 9.17) is 10.5 Å². The molecule has 2 bridgehead atoms. The van der Waals surface area contributed by atoms with Crippen molar-refractivity contribution in [2.24, 2.45) is 0 Å². The molecule has 3 N–H and O–H groups in total. The summed E-state index contributed by atoms with van der Waals surface area (Å²) in [5.41, 5.74) is 9.45. The lowest BCUT2D eigenvalue weighted by atomic mass is 9.96. The van der Waals surface area contributed by atoms with E-state index in [1.807, 2.05) is 30.4 Å². The van der Waals surface area contributed by atoms with E-state index in [2.05, 4.69) is 10.3 Å². The molecule has 2 heterocycles. The minimum absolute atomic E-state index is 0.0815. The SMILES string of the molecule is CCOC(=O)C1C/C=C\CCC(=O)Nc2cc(N)ccc2-c2ccnc1c2. The minimum atomic E-state index is -0.484. The molecule has 6 heteroatoms. The van der Waals surface area contributed by atoms with Crippen molar-refractivity contribution in [3.8, 4) is 11.1 Å². The Morgan fingerprint density at radius 3 is 2.96 bits per heavy atom. The van der Waals surface area contributed by atoms with Gasteiger partial charge in [0.15, 0.2) is 0 Å². The normalized spacial score (nSPS) is 18.1. The number of nitrogen functional groups attached to an aromatic ring is 1. The summed E-state index contributed by atoms with van der Waals surface area (Å²) in [7, 11) is 0. The van der Waals surface area contributed by atoms with Gasteiger partial charge in [-0.05, 0) is 49.6 Å². The maximum Gasteiger partial charge on any atom is 0.315 e. The van der Waals surface area contributed by atoms with Gasteiger partial charge in [0.25, 0.3) is 0 Å². The number of fused-ring (bicyclic) bond motifs is 4. The molecule has 1 atom stereocenters. The highest BCUT2D eigenvalue weighted by atomic mass is 16.5. The fourth-order valence-electron chi connectivity index (χ4n) is 3.08. The number of nitrogens with one attached hydrogen (secondary N) is 1. The van der Waals surface area contributed by atoms with Gasteiger partial charge in [-0.15, -0.1) is 0 Å². The summed E-state index contributed by atoms with van der Waals surface area (Å²) in [5.74, 6) is -0.863. The van der Waals surface area contributed by atoms with Crippen LogP contribution in [0.5, 0.6) is 0 Å². The highest BCUT2D eigenvalue weighted by Gasteiger charge is 2.23. The summed E-state index contributed by atoms with van der Waals surface area (Å²) >= 11 is 0. The van der Waals surface area contributed by atoms with Crippen LogP contribution in [-0.4, -0.2) is 23.5 Å². The standard InChI is InChI=1S/C21H23N3O3/c1-2-27-21(26)17-6-4-3-5-7-20(25)24-19-13-15(22)8-9-16(19)14-10-11-23-18(17)12-14/h3-4,8-13,17H,2,5-7,22H2,1H3,(H,24,25)/b4-3-. The van der Waals surface area contributed by atoms with Crippen LogP contribution in [0.25, 0.3) is 11.1 Å². The van der Waals surface area contributed by atoms with E-state index in [0.717, 1.165) is 11.1 Å². The first-order chi connectivity index (χ1) is 13.1. The topological polar surface area (TPSA) is 94.3 Å². The molecular weight excluding hydrogens is 342 g/mol. The van der Waals surface area contributed by atoms with Crippen molar-refractivity contribution >= 4 is 23.3 Å². The first-order valence-corrected chi connectivity index (χ1v) is 9.06. The fraction of sp³-hybridized carbons (Fsp3) is 0.286. The molecule has 1 aromatic carbocycles. The molecule has 1 unspecified atom stereocenters.